The lowest BCUT2D eigenvalue weighted by Gasteiger charge is -2.10. The van der Waals surface area contributed by atoms with Crippen LogP contribution < -0.4 is 10.5 Å². The van der Waals surface area contributed by atoms with Crippen molar-refractivity contribution in [1.82, 2.24) is 4.98 Å². The Morgan fingerprint density at radius 2 is 2.20 bits per heavy atom. The van der Waals surface area contributed by atoms with E-state index < -0.39 is 0 Å². The van der Waals surface area contributed by atoms with Gasteiger partial charge in [0.1, 0.15) is 5.75 Å². The van der Waals surface area contributed by atoms with Crippen molar-refractivity contribution in [1.29, 1.82) is 0 Å². The Morgan fingerprint density at radius 3 is 2.87 bits per heavy atom. The molecule has 0 spiro atoms. The zero-order valence-electron chi connectivity index (χ0n) is 9.62. The van der Waals surface area contributed by atoms with Crippen LogP contribution in [0.1, 0.15) is 31.2 Å². The second kappa shape index (κ2) is 6.40. The van der Waals surface area contributed by atoms with Crippen LogP contribution in [0.2, 0.25) is 0 Å². The van der Waals surface area contributed by atoms with Gasteiger partial charge >= 0.3 is 0 Å². The molecule has 1 aromatic rings. The number of rotatable bonds is 6. The molecule has 0 atom stereocenters. The van der Waals surface area contributed by atoms with E-state index in [1.165, 1.54) is 0 Å². The number of hydrogen-bond donors (Lipinski definition) is 1. The molecule has 0 bridgehead atoms. The summed E-state index contributed by atoms with van der Waals surface area (Å²) in [5, 5.41) is 0. The Hall–Kier alpha value is -1.09. The number of nitrogens with two attached hydrogens (primary N) is 1. The lowest BCUT2D eigenvalue weighted by molar-refractivity contribution is 0.304. The second-order valence-electron chi connectivity index (χ2n) is 3.64. The van der Waals surface area contributed by atoms with E-state index in [1.807, 2.05) is 19.1 Å². The van der Waals surface area contributed by atoms with Gasteiger partial charge in [0, 0.05) is 12.1 Å². The van der Waals surface area contributed by atoms with Gasteiger partial charge in [-0.05, 0) is 32.0 Å². The zero-order chi connectivity index (χ0) is 11.1. The Labute approximate surface area is 91.7 Å². The molecule has 84 valence electrons. The fourth-order valence-electron chi connectivity index (χ4n) is 1.37. The molecule has 0 aliphatic heterocycles. The summed E-state index contributed by atoms with van der Waals surface area (Å²) in [6.45, 7) is 5.51. The van der Waals surface area contributed by atoms with E-state index in [-0.39, 0.29) is 0 Å². The summed E-state index contributed by atoms with van der Waals surface area (Å²) >= 11 is 0. The van der Waals surface area contributed by atoms with Crippen molar-refractivity contribution in [2.24, 2.45) is 5.73 Å². The molecule has 0 aromatic carbocycles. The van der Waals surface area contributed by atoms with Gasteiger partial charge in [-0.3, -0.25) is 4.98 Å². The van der Waals surface area contributed by atoms with Gasteiger partial charge in [-0.1, -0.05) is 13.3 Å². The monoisotopic (exact) mass is 208 g/mol. The van der Waals surface area contributed by atoms with E-state index in [2.05, 4.69) is 11.9 Å². The summed E-state index contributed by atoms with van der Waals surface area (Å²) in [6.07, 6.45) is 3.00. The molecule has 1 heterocycles. The van der Waals surface area contributed by atoms with Gasteiger partial charge < -0.3 is 10.5 Å². The van der Waals surface area contributed by atoms with Crippen molar-refractivity contribution in [3.8, 4) is 5.75 Å². The van der Waals surface area contributed by atoms with E-state index in [0.29, 0.717) is 6.54 Å². The third-order valence-electron chi connectivity index (χ3n) is 2.21. The lowest BCUT2D eigenvalue weighted by Crippen LogP contribution is -2.08. The molecule has 1 aromatic heterocycles. The van der Waals surface area contributed by atoms with E-state index >= 15 is 0 Å². The fourth-order valence-corrected chi connectivity index (χ4v) is 1.37. The van der Waals surface area contributed by atoms with E-state index in [9.17, 15) is 0 Å². The largest absolute Gasteiger partial charge is 0.492 e. The van der Waals surface area contributed by atoms with E-state index in [4.69, 9.17) is 10.5 Å². The van der Waals surface area contributed by atoms with Crippen LogP contribution >= 0.6 is 0 Å². The highest BCUT2D eigenvalue weighted by Crippen LogP contribution is 2.17. The number of ether oxygens (including phenoxy) is 1. The summed E-state index contributed by atoms with van der Waals surface area (Å²) in [7, 11) is 0. The molecule has 0 saturated heterocycles. The maximum absolute atomic E-state index is 5.67. The summed E-state index contributed by atoms with van der Waals surface area (Å²) in [5.74, 6) is 0.888. The predicted octanol–water partition coefficient (Wildman–Crippen LogP) is 2.07. The standard InChI is InChI=1S/C12H20N2O/c1-3-4-9-15-12-6-5-10(2)14-11(12)7-8-13/h5-6H,3-4,7-9,13H2,1-2H3. The van der Waals surface area contributed by atoms with Gasteiger partial charge in [0.25, 0.3) is 0 Å². The number of aryl methyl sites for hydroxylation is 1. The minimum atomic E-state index is 0.612. The van der Waals surface area contributed by atoms with Gasteiger partial charge in [-0.2, -0.15) is 0 Å². The fraction of sp³-hybridized carbons (Fsp3) is 0.583. The minimum absolute atomic E-state index is 0.612. The molecule has 0 radical (unpaired) electrons. The van der Waals surface area contributed by atoms with Crippen LogP contribution in [-0.2, 0) is 6.42 Å². The molecule has 0 fully saturated rings. The summed E-state index contributed by atoms with van der Waals surface area (Å²) in [6, 6.07) is 3.96. The number of pyridine rings is 1. The van der Waals surface area contributed by atoms with Crippen LogP contribution in [0.5, 0.6) is 5.75 Å². The van der Waals surface area contributed by atoms with E-state index in [1.54, 1.807) is 0 Å². The molecule has 0 aliphatic rings. The SMILES string of the molecule is CCCCOc1ccc(C)nc1CCN. The van der Waals surface area contributed by atoms with Gasteiger partial charge in [0.15, 0.2) is 0 Å². The van der Waals surface area contributed by atoms with E-state index in [0.717, 1.165) is 43.0 Å². The van der Waals surface area contributed by atoms with Crippen LogP contribution in [0.3, 0.4) is 0 Å². The first kappa shape index (κ1) is 12.0. The first-order valence-corrected chi connectivity index (χ1v) is 5.57. The van der Waals surface area contributed by atoms with Gasteiger partial charge in [0.2, 0.25) is 0 Å². The molecule has 0 unspecified atom stereocenters. The lowest BCUT2D eigenvalue weighted by atomic mass is 10.2. The normalized spacial score (nSPS) is 10.3. The third kappa shape index (κ3) is 3.88. The van der Waals surface area contributed by atoms with Crippen molar-refractivity contribution in [2.45, 2.75) is 33.1 Å². The second-order valence-corrected chi connectivity index (χ2v) is 3.64. The smallest absolute Gasteiger partial charge is 0.140 e. The maximum atomic E-state index is 5.67. The number of nitrogens with zero attached hydrogens (tertiary/aromatic N) is 1. The number of aromatic nitrogens is 1. The molecule has 2 N–H and O–H groups in total. The average Bonchev–Trinajstić information content (AvgIpc) is 2.22. The first-order valence-electron chi connectivity index (χ1n) is 5.57. The number of unbranched alkanes of at least 4 members (excludes halogenated alkanes) is 1. The number of hydrogen-bond acceptors (Lipinski definition) is 3. The third-order valence-corrected chi connectivity index (χ3v) is 2.21. The molecule has 0 saturated carbocycles. The van der Waals surface area contributed by atoms with Gasteiger partial charge in [-0.25, -0.2) is 0 Å². The van der Waals surface area contributed by atoms with Crippen LogP contribution in [0, 0.1) is 6.92 Å². The highest BCUT2D eigenvalue weighted by molar-refractivity contribution is 5.29. The summed E-state index contributed by atoms with van der Waals surface area (Å²) < 4.78 is 5.67. The van der Waals surface area contributed by atoms with Crippen LogP contribution in [0.25, 0.3) is 0 Å². The van der Waals surface area contributed by atoms with Crippen molar-refractivity contribution >= 4 is 0 Å². The van der Waals surface area contributed by atoms with Gasteiger partial charge in [-0.15, -0.1) is 0 Å². The molecule has 0 amide bonds. The predicted molar refractivity (Wildman–Crippen MR) is 62.1 cm³/mol. The highest BCUT2D eigenvalue weighted by Gasteiger charge is 2.04. The maximum Gasteiger partial charge on any atom is 0.140 e. The zero-order valence-corrected chi connectivity index (χ0v) is 9.62. The Morgan fingerprint density at radius 1 is 1.40 bits per heavy atom. The van der Waals surface area contributed by atoms with Crippen molar-refractivity contribution < 1.29 is 4.74 Å². The minimum Gasteiger partial charge on any atom is -0.492 e. The molecule has 3 heteroatoms. The van der Waals surface area contributed by atoms with Crippen molar-refractivity contribution in [3.05, 3.63) is 23.5 Å². The van der Waals surface area contributed by atoms with Crippen LogP contribution in [0.15, 0.2) is 12.1 Å². The summed E-state index contributed by atoms with van der Waals surface area (Å²) in [5.41, 5.74) is 7.53. The topological polar surface area (TPSA) is 48.1 Å². The highest BCUT2D eigenvalue weighted by atomic mass is 16.5. The quantitative estimate of drug-likeness (QED) is 0.728. The molecule has 3 nitrogen and oxygen atoms in total. The summed E-state index contributed by atoms with van der Waals surface area (Å²) in [4.78, 5) is 4.44. The Bertz CT molecular complexity index is 300. The molecule has 1 rings (SSSR count). The molecular formula is C12H20N2O. The van der Waals surface area contributed by atoms with Crippen LogP contribution in [-0.4, -0.2) is 18.1 Å². The van der Waals surface area contributed by atoms with Gasteiger partial charge in [0.05, 0.1) is 12.3 Å². The van der Waals surface area contributed by atoms with Crippen molar-refractivity contribution in [2.75, 3.05) is 13.2 Å². The van der Waals surface area contributed by atoms with Crippen molar-refractivity contribution in [3.63, 3.8) is 0 Å². The Kier molecular flexibility index (Phi) is 5.12. The molecular weight excluding hydrogens is 188 g/mol. The Balaban J connectivity index is 2.67. The van der Waals surface area contributed by atoms with Crippen LogP contribution in [0.4, 0.5) is 0 Å². The average molecular weight is 208 g/mol. The molecule has 15 heavy (non-hydrogen) atoms. The molecule has 0 aliphatic carbocycles. The first-order chi connectivity index (χ1) is 7.27.